The molecule has 26 heavy (non-hydrogen) atoms. The molecule has 0 aromatic heterocycles. The van der Waals surface area contributed by atoms with Gasteiger partial charge in [0, 0.05) is 42.7 Å². The quantitative estimate of drug-likeness (QED) is 0.755. The maximum absolute atomic E-state index is 12.1. The zero-order valence-electron chi connectivity index (χ0n) is 14.8. The molecule has 0 saturated heterocycles. The first-order chi connectivity index (χ1) is 12.4. The number of nitrogens with zero attached hydrogens (tertiary/aromatic N) is 1. The molecular weight excluding hydrogens is 352 g/mol. The van der Waals surface area contributed by atoms with Gasteiger partial charge in [0.05, 0.1) is 0 Å². The Hall–Kier alpha value is -2.66. The van der Waals surface area contributed by atoms with Crippen LogP contribution in [-0.2, 0) is 16.1 Å². The number of halogens is 1. The van der Waals surface area contributed by atoms with E-state index in [0.29, 0.717) is 22.8 Å². The molecule has 2 amide bonds. The Labute approximate surface area is 158 Å². The number of carbonyl (C=O) groups is 3. The number of hydrogen-bond acceptors (Lipinski definition) is 3. The summed E-state index contributed by atoms with van der Waals surface area (Å²) < 4.78 is 0. The predicted octanol–water partition coefficient (Wildman–Crippen LogP) is 3.60. The van der Waals surface area contributed by atoms with Crippen LogP contribution < -0.4 is 10.2 Å². The van der Waals surface area contributed by atoms with E-state index in [4.69, 9.17) is 11.6 Å². The average Bonchev–Trinajstić information content (AvgIpc) is 2.61. The van der Waals surface area contributed by atoms with Gasteiger partial charge in [-0.05, 0) is 42.8 Å². The summed E-state index contributed by atoms with van der Waals surface area (Å²) in [5, 5.41) is 3.40. The number of benzene rings is 2. The van der Waals surface area contributed by atoms with Crippen molar-refractivity contribution in [2.75, 3.05) is 11.4 Å². The molecule has 2 rings (SSSR count). The highest BCUT2D eigenvalue weighted by atomic mass is 35.5. The number of ketones is 1. The summed E-state index contributed by atoms with van der Waals surface area (Å²) in [5.41, 5.74) is 2.07. The second-order valence-electron chi connectivity index (χ2n) is 5.89. The number of anilines is 1. The summed E-state index contributed by atoms with van der Waals surface area (Å²) >= 11 is 6.06. The highest BCUT2D eigenvalue weighted by Crippen LogP contribution is 2.17. The Bertz CT molecular complexity index is 803. The molecule has 0 aliphatic carbocycles. The molecule has 0 aliphatic heterocycles. The molecule has 136 valence electrons. The van der Waals surface area contributed by atoms with E-state index in [0.717, 1.165) is 5.56 Å². The fourth-order valence-corrected chi connectivity index (χ4v) is 2.68. The molecule has 0 saturated carbocycles. The van der Waals surface area contributed by atoms with Crippen LogP contribution >= 0.6 is 11.6 Å². The zero-order chi connectivity index (χ0) is 19.1. The number of amides is 2. The fraction of sp³-hybridized carbons (Fsp3) is 0.250. The third kappa shape index (κ3) is 5.43. The van der Waals surface area contributed by atoms with Gasteiger partial charge in [0.1, 0.15) is 0 Å². The van der Waals surface area contributed by atoms with Crippen molar-refractivity contribution in [3.8, 4) is 0 Å². The SMILES string of the molecule is CC(=O)c1ccc(N(CCC(=O)NCc2ccccc2Cl)C(C)=O)cc1. The Kier molecular flexibility index (Phi) is 6.92. The van der Waals surface area contributed by atoms with Gasteiger partial charge in [-0.1, -0.05) is 29.8 Å². The van der Waals surface area contributed by atoms with Crippen LogP contribution in [0.4, 0.5) is 5.69 Å². The van der Waals surface area contributed by atoms with Crippen LogP contribution in [0.1, 0.15) is 36.2 Å². The number of hydrogen-bond donors (Lipinski definition) is 1. The maximum atomic E-state index is 12.1. The van der Waals surface area contributed by atoms with E-state index in [1.165, 1.54) is 18.7 Å². The molecule has 2 aromatic rings. The number of Topliss-reactive ketones (excluding diaryl/α,β-unsaturated/α-hetero) is 1. The van der Waals surface area contributed by atoms with Gasteiger partial charge in [0.25, 0.3) is 0 Å². The Morgan fingerprint density at radius 1 is 1.00 bits per heavy atom. The summed E-state index contributed by atoms with van der Waals surface area (Å²) in [6.45, 7) is 3.52. The molecule has 2 aromatic carbocycles. The third-order valence-electron chi connectivity index (χ3n) is 3.96. The summed E-state index contributed by atoms with van der Waals surface area (Å²) in [7, 11) is 0. The van der Waals surface area contributed by atoms with Gasteiger partial charge in [-0.15, -0.1) is 0 Å². The number of carbonyl (C=O) groups excluding carboxylic acids is 3. The van der Waals surface area contributed by atoms with Crippen molar-refractivity contribution in [1.82, 2.24) is 5.32 Å². The summed E-state index contributed by atoms with van der Waals surface area (Å²) in [6.07, 6.45) is 0.165. The van der Waals surface area contributed by atoms with Crippen LogP contribution in [0.5, 0.6) is 0 Å². The normalized spacial score (nSPS) is 10.3. The van der Waals surface area contributed by atoms with E-state index in [9.17, 15) is 14.4 Å². The lowest BCUT2D eigenvalue weighted by Crippen LogP contribution is -2.33. The van der Waals surface area contributed by atoms with Crippen molar-refractivity contribution in [1.29, 1.82) is 0 Å². The van der Waals surface area contributed by atoms with Crippen molar-refractivity contribution in [3.63, 3.8) is 0 Å². The van der Waals surface area contributed by atoms with Gasteiger partial charge < -0.3 is 10.2 Å². The van der Waals surface area contributed by atoms with Gasteiger partial charge in [-0.3, -0.25) is 14.4 Å². The van der Waals surface area contributed by atoms with Gasteiger partial charge in [-0.25, -0.2) is 0 Å². The molecule has 0 unspecified atom stereocenters. The minimum Gasteiger partial charge on any atom is -0.352 e. The monoisotopic (exact) mass is 372 g/mol. The standard InChI is InChI=1S/C20H21ClN2O3/c1-14(24)16-7-9-18(10-8-16)23(15(2)25)12-11-20(26)22-13-17-5-3-4-6-19(17)21/h3-10H,11-13H2,1-2H3,(H,22,26). The second-order valence-corrected chi connectivity index (χ2v) is 6.30. The Morgan fingerprint density at radius 2 is 1.65 bits per heavy atom. The number of rotatable bonds is 7. The third-order valence-corrected chi connectivity index (χ3v) is 4.33. The highest BCUT2D eigenvalue weighted by Gasteiger charge is 2.14. The maximum Gasteiger partial charge on any atom is 0.223 e. The summed E-state index contributed by atoms with van der Waals surface area (Å²) in [5.74, 6) is -0.374. The van der Waals surface area contributed by atoms with E-state index < -0.39 is 0 Å². The van der Waals surface area contributed by atoms with Gasteiger partial charge >= 0.3 is 0 Å². The molecule has 6 heteroatoms. The van der Waals surface area contributed by atoms with E-state index in [1.54, 1.807) is 30.3 Å². The largest absolute Gasteiger partial charge is 0.352 e. The van der Waals surface area contributed by atoms with Gasteiger partial charge in [-0.2, -0.15) is 0 Å². The molecule has 0 heterocycles. The molecule has 5 nitrogen and oxygen atoms in total. The minimum atomic E-state index is -0.170. The van der Waals surface area contributed by atoms with E-state index in [-0.39, 0.29) is 30.6 Å². The van der Waals surface area contributed by atoms with Crippen molar-refractivity contribution in [3.05, 3.63) is 64.7 Å². The van der Waals surface area contributed by atoms with Crippen LogP contribution in [0.15, 0.2) is 48.5 Å². The predicted molar refractivity (Wildman–Crippen MR) is 102 cm³/mol. The highest BCUT2D eigenvalue weighted by molar-refractivity contribution is 6.31. The lowest BCUT2D eigenvalue weighted by Gasteiger charge is -2.21. The first kappa shape index (κ1) is 19.7. The lowest BCUT2D eigenvalue weighted by atomic mass is 10.1. The van der Waals surface area contributed by atoms with Crippen LogP contribution in [0.2, 0.25) is 5.02 Å². The summed E-state index contributed by atoms with van der Waals surface area (Å²) in [6, 6.07) is 14.1. The molecule has 0 bridgehead atoms. The van der Waals surface area contributed by atoms with E-state index >= 15 is 0 Å². The van der Waals surface area contributed by atoms with E-state index in [1.807, 2.05) is 18.2 Å². The first-order valence-corrected chi connectivity index (χ1v) is 8.65. The zero-order valence-corrected chi connectivity index (χ0v) is 15.5. The fourth-order valence-electron chi connectivity index (χ4n) is 2.48. The molecule has 0 atom stereocenters. The minimum absolute atomic E-state index is 0.0372. The Morgan fingerprint density at radius 3 is 2.23 bits per heavy atom. The van der Waals surface area contributed by atoms with Crippen molar-refractivity contribution in [2.24, 2.45) is 0 Å². The van der Waals surface area contributed by atoms with Crippen LogP contribution in [0.3, 0.4) is 0 Å². The molecule has 0 aliphatic rings. The summed E-state index contributed by atoms with van der Waals surface area (Å²) in [4.78, 5) is 36.9. The van der Waals surface area contributed by atoms with Crippen LogP contribution in [0.25, 0.3) is 0 Å². The molecule has 0 spiro atoms. The van der Waals surface area contributed by atoms with Crippen LogP contribution in [0, 0.1) is 0 Å². The smallest absolute Gasteiger partial charge is 0.223 e. The van der Waals surface area contributed by atoms with Crippen LogP contribution in [-0.4, -0.2) is 24.1 Å². The molecular formula is C20H21ClN2O3. The van der Waals surface area contributed by atoms with Crippen molar-refractivity contribution >= 4 is 34.9 Å². The lowest BCUT2D eigenvalue weighted by molar-refractivity contribution is -0.121. The second kappa shape index (κ2) is 9.15. The first-order valence-electron chi connectivity index (χ1n) is 8.27. The van der Waals surface area contributed by atoms with Crippen molar-refractivity contribution < 1.29 is 14.4 Å². The Balaban J connectivity index is 1.93. The van der Waals surface area contributed by atoms with Gasteiger partial charge in [0.2, 0.25) is 11.8 Å². The molecule has 1 N–H and O–H groups in total. The number of nitrogens with one attached hydrogen (secondary N) is 1. The van der Waals surface area contributed by atoms with E-state index in [2.05, 4.69) is 5.32 Å². The molecule has 0 radical (unpaired) electrons. The van der Waals surface area contributed by atoms with Crippen molar-refractivity contribution in [2.45, 2.75) is 26.8 Å². The topological polar surface area (TPSA) is 66.5 Å². The van der Waals surface area contributed by atoms with Gasteiger partial charge in [0.15, 0.2) is 5.78 Å². The average molecular weight is 373 g/mol. The molecule has 0 fully saturated rings.